The highest BCUT2D eigenvalue weighted by Gasteiger charge is 2.52. The molecule has 0 bridgehead atoms. The summed E-state index contributed by atoms with van der Waals surface area (Å²) in [6.07, 6.45) is 0.508. The summed E-state index contributed by atoms with van der Waals surface area (Å²) >= 11 is 12.5. The molecule has 1 heterocycles. The van der Waals surface area contributed by atoms with Crippen LogP contribution < -0.4 is 10.2 Å². The first-order chi connectivity index (χ1) is 12.5. The van der Waals surface area contributed by atoms with Crippen LogP contribution in [-0.4, -0.2) is 30.5 Å². The summed E-state index contributed by atoms with van der Waals surface area (Å²) < 4.78 is 17.9. The van der Waals surface area contributed by atoms with Crippen LogP contribution in [0.5, 0.6) is 11.5 Å². The molecule has 0 aliphatic carbocycles. The van der Waals surface area contributed by atoms with E-state index in [-0.39, 0.29) is 5.75 Å². The van der Waals surface area contributed by atoms with Gasteiger partial charge in [0.1, 0.15) is 11.5 Å². The van der Waals surface area contributed by atoms with E-state index in [9.17, 15) is 5.11 Å². The Hall–Kier alpha value is -1.40. The number of phenolic OH excluding ortho intramolecular Hbond substituents is 1. The first-order valence-electron chi connectivity index (χ1n) is 8.73. The molecule has 27 heavy (non-hydrogen) atoms. The summed E-state index contributed by atoms with van der Waals surface area (Å²) in [6, 6.07) is 8.80. The van der Waals surface area contributed by atoms with Gasteiger partial charge in [0.2, 0.25) is 0 Å². The number of ether oxygens (including phenoxy) is 1. The first kappa shape index (κ1) is 20.3. The summed E-state index contributed by atoms with van der Waals surface area (Å²) in [5.74, 6) is 0.738. The minimum atomic E-state index is -0.532. The normalized spacial score (nSPS) is 18.0. The summed E-state index contributed by atoms with van der Waals surface area (Å²) in [5.41, 5.74) is 1.67. The van der Waals surface area contributed by atoms with Crippen LogP contribution in [0.3, 0.4) is 0 Å². The molecule has 2 aromatic carbocycles. The molecule has 0 saturated carbocycles. The van der Waals surface area contributed by atoms with Crippen molar-refractivity contribution in [2.45, 2.75) is 45.3 Å². The van der Waals surface area contributed by atoms with Gasteiger partial charge in [-0.3, -0.25) is 0 Å². The topological polar surface area (TPSA) is 47.9 Å². The second-order valence-corrected chi connectivity index (χ2v) is 8.54. The third-order valence-electron chi connectivity index (χ3n) is 5.31. The molecule has 1 aliphatic rings. The second kappa shape index (κ2) is 7.21. The predicted octanol–water partition coefficient (Wildman–Crippen LogP) is 4.60. The van der Waals surface area contributed by atoms with E-state index in [1.807, 2.05) is 45.9 Å². The Balaban J connectivity index is 1.96. The van der Waals surface area contributed by atoms with Gasteiger partial charge < -0.3 is 19.2 Å². The van der Waals surface area contributed by atoms with Crippen LogP contribution in [0.4, 0.5) is 0 Å². The monoisotopic (exact) mass is 408 g/mol. The molecule has 2 aromatic rings. The Bertz CT molecular complexity index is 828. The van der Waals surface area contributed by atoms with E-state index in [1.165, 1.54) is 12.1 Å². The highest BCUT2D eigenvalue weighted by Crippen LogP contribution is 2.37. The van der Waals surface area contributed by atoms with Gasteiger partial charge >= 0.3 is 7.12 Å². The third-order valence-corrected chi connectivity index (χ3v) is 5.98. The van der Waals surface area contributed by atoms with Crippen molar-refractivity contribution in [3.8, 4) is 11.5 Å². The Kier molecular flexibility index (Phi) is 5.43. The molecule has 7 heteroatoms. The second-order valence-electron chi connectivity index (χ2n) is 7.73. The molecule has 1 aliphatic heterocycles. The van der Waals surface area contributed by atoms with Crippen LogP contribution in [0.2, 0.25) is 10.0 Å². The number of benzene rings is 2. The van der Waals surface area contributed by atoms with Gasteiger partial charge in [-0.2, -0.15) is 0 Å². The van der Waals surface area contributed by atoms with Gasteiger partial charge in [0.05, 0.1) is 18.3 Å². The molecule has 3 rings (SSSR count). The Morgan fingerprint density at radius 3 is 2.07 bits per heavy atom. The molecular weight excluding hydrogens is 386 g/mol. The number of aromatic hydroxyl groups is 1. The molecule has 1 saturated heterocycles. The van der Waals surface area contributed by atoms with Crippen LogP contribution in [0.1, 0.15) is 38.8 Å². The fourth-order valence-electron chi connectivity index (χ4n) is 3.01. The standard InChI is InChI=1S/C20H23BCl2O4/c1-19(2)20(3,4)27-21(26-19)15-9-12(6-7-18(15)25-5)8-14-16(22)10-13(24)11-17(14)23/h6-7,9-11,24H,8H2,1-5H3. The van der Waals surface area contributed by atoms with Crippen molar-refractivity contribution < 1.29 is 19.2 Å². The summed E-state index contributed by atoms with van der Waals surface area (Å²) in [4.78, 5) is 0. The van der Waals surface area contributed by atoms with Gasteiger partial charge in [-0.15, -0.1) is 0 Å². The highest BCUT2D eigenvalue weighted by molar-refractivity contribution is 6.63. The van der Waals surface area contributed by atoms with Gasteiger partial charge in [-0.1, -0.05) is 35.3 Å². The Morgan fingerprint density at radius 1 is 1.00 bits per heavy atom. The van der Waals surface area contributed by atoms with E-state index in [0.717, 1.165) is 16.6 Å². The molecule has 0 unspecified atom stereocenters. The SMILES string of the molecule is COc1ccc(Cc2c(Cl)cc(O)cc2Cl)cc1B1OC(C)(C)C(C)(C)O1. The lowest BCUT2D eigenvalue weighted by Gasteiger charge is -2.32. The lowest BCUT2D eigenvalue weighted by Crippen LogP contribution is -2.41. The molecule has 0 aromatic heterocycles. The zero-order valence-electron chi connectivity index (χ0n) is 16.1. The van der Waals surface area contributed by atoms with Crippen LogP contribution in [0, 0.1) is 0 Å². The van der Waals surface area contributed by atoms with Crippen molar-refractivity contribution in [2.75, 3.05) is 7.11 Å². The summed E-state index contributed by atoms with van der Waals surface area (Å²) in [7, 11) is 1.09. The predicted molar refractivity (Wildman–Crippen MR) is 110 cm³/mol. The van der Waals surface area contributed by atoms with Crippen molar-refractivity contribution in [3.63, 3.8) is 0 Å². The fourth-order valence-corrected chi connectivity index (χ4v) is 3.62. The average molecular weight is 409 g/mol. The summed E-state index contributed by atoms with van der Waals surface area (Å²) in [6.45, 7) is 8.05. The van der Waals surface area contributed by atoms with E-state index < -0.39 is 18.3 Å². The number of halogens is 2. The third kappa shape index (κ3) is 3.92. The maximum atomic E-state index is 9.62. The van der Waals surface area contributed by atoms with Crippen molar-refractivity contribution in [3.05, 3.63) is 51.5 Å². The van der Waals surface area contributed by atoms with Crippen molar-refractivity contribution >= 4 is 35.8 Å². The maximum absolute atomic E-state index is 9.62. The maximum Gasteiger partial charge on any atom is 0.498 e. The Labute approximate surface area is 170 Å². The average Bonchev–Trinajstić information content (AvgIpc) is 2.78. The van der Waals surface area contributed by atoms with Gasteiger partial charge in [0, 0.05) is 21.9 Å². The van der Waals surface area contributed by atoms with Gasteiger partial charge in [-0.25, -0.2) is 0 Å². The minimum Gasteiger partial charge on any atom is -0.508 e. The number of hydrogen-bond acceptors (Lipinski definition) is 4. The van der Waals surface area contributed by atoms with Crippen LogP contribution >= 0.6 is 23.2 Å². The fraction of sp³-hybridized carbons (Fsp3) is 0.400. The smallest absolute Gasteiger partial charge is 0.498 e. The molecule has 1 fully saturated rings. The zero-order chi connectivity index (χ0) is 20.0. The van der Waals surface area contributed by atoms with Crippen LogP contribution in [-0.2, 0) is 15.7 Å². The number of hydrogen-bond donors (Lipinski definition) is 1. The van der Waals surface area contributed by atoms with E-state index in [1.54, 1.807) is 7.11 Å². The van der Waals surface area contributed by atoms with E-state index in [4.69, 9.17) is 37.2 Å². The molecular formula is C20H23BCl2O4. The highest BCUT2D eigenvalue weighted by atomic mass is 35.5. The van der Waals surface area contributed by atoms with Gasteiger partial charge in [0.15, 0.2) is 0 Å². The first-order valence-corrected chi connectivity index (χ1v) is 9.49. The molecule has 1 N–H and O–H groups in total. The van der Waals surface area contributed by atoms with Crippen LogP contribution in [0.15, 0.2) is 30.3 Å². The molecule has 0 spiro atoms. The number of phenols is 1. The lowest BCUT2D eigenvalue weighted by molar-refractivity contribution is 0.00578. The van der Waals surface area contributed by atoms with E-state index in [2.05, 4.69) is 0 Å². The number of methoxy groups -OCH3 is 1. The zero-order valence-corrected chi connectivity index (χ0v) is 17.6. The summed E-state index contributed by atoms with van der Waals surface area (Å²) in [5, 5.41) is 10.5. The Morgan fingerprint density at radius 2 is 1.56 bits per heavy atom. The molecule has 0 amide bonds. The number of rotatable bonds is 4. The largest absolute Gasteiger partial charge is 0.508 e. The van der Waals surface area contributed by atoms with E-state index in [0.29, 0.717) is 22.2 Å². The van der Waals surface area contributed by atoms with Gasteiger partial charge in [-0.05, 0) is 57.0 Å². The van der Waals surface area contributed by atoms with Crippen molar-refractivity contribution in [2.24, 2.45) is 0 Å². The molecule has 4 nitrogen and oxygen atoms in total. The van der Waals surface area contributed by atoms with E-state index >= 15 is 0 Å². The molecule has 0 atom stereocenters. The molecule has 144 valence electrons. The van der Waals surface area contributed by atoms with Crippen molar-refractivity contribution in [1.82, 2.24) is 0 Å². The van der Waals surface area contributed by atoms with Crippen LogP contribution in [0.25, 0.3) is 0 Å². The quantitative estimate of drug-likeness (QED) is 0.751. The van der Waals surface area contributed by atoms with Gasteiger partial charge in [0.25, 0.3) is 0 Å². The minimum absolute atomic E-state index is 0.0430. The van der Waals surface area contributed by atoms with Crippen molar-refractivity contribution in [1.29, 1.82) is 0 Å². The lowest BCUT2D eigenvalue weighted by atomic mass is 9.77. The molecule has 0 radical (unpaired) electrons.